The zero-order valence-corrected chi connectivity index (χ0v) is 6.38. The van der Waals surface area contributed by atoms with Gasteiger partial charge >= 0.3 is 0 Å². The first-order valence-electron chi connectivity index (χ1n) is 4.08. The summed E-state index contributed by atoms with van der Waals surface area (Å²) in [5.41, 5.74) is -0.141. The zero-order valence-electron chi connectivity index (χ0n) is 6.38. The molecule has 60 valence electrons. The second kappa shape index (κ2) is 2.43. The van der Waals surface area contributed by atoms with Crippen molar-refractivity contribution in [2.45, 2.75) is 37.3 Å². The lowest BCUT2D eigenvalue weighted by atomic mass is 10.1. The molecule has 0 bridgehead atoms. The summed E-state index contributed by atoms with van der Waals surface area (Å²) >= 11 is 0. The summed E-state index contributed by atoms with van der Waals surface area (Å²) in [4.78, 5) is 13.9. The van der Waals surface area contributed by atoms with Gasteiger partial charge in [0.1, 0.15) is 0 Å². The lowest BCUT2D eigenvalue weighted by Crippen LogP contribution is -2.24. The van der Waals surface area contributed by atoms with E-state index in [0.717, 1.165) is 32.3 Å². The molecular formula is C8H11NO2. The standard InChI is InChI=1S/C8H11NO2/c10-6-9-8(3-4-8)7-2-1-5-11-7/h7H,1-5H2. The Morgan fingerprint density at radius 1 is 1.55 bits per heavy atom. The van der Waals surface area contributed by atoms with Crippen LogP contribution in [0.5, 0.6) is 0 Å². The molecule has 1 aliphatic carbocycles. The van der Waals surface area contributed by atoms with E-state index in [1.165, 1.54) is 0 Å². The maximum atomic E-state index is 10.1. The van der Waals surface area contributed by atoms with E-state index in [-0.39, 0.29) is 11.6 Å². The first kappa shape index (κ1) is 7.01. The molecule has 11 heavy (non-hydrogen) atoms. The highest BCUT2D eigenvalue weighted by Gasteiger charge is 2.51. The molecule has 1 aliphatic heterocycles. The van der Waals surface area contributed by atoms with Crippen LogP contribution in [-0.2, 0) is 9.53 Å². The second-order valence-electron chi connectivity index (χ2n) is 3.31. The predicted octanol–water partition coefficient (Wildman–Crippen LogP) is 1.03. The molecule has 0 radical (unpaired) electrons. The van der Waals surface area contributed by atoms with Crippen LogP contribution in [0.15, 0.2) is 4.99 Å². The normalized spacial score (nSPS) is 32.9. The Balaban J connectivity index is 2.07. The zero-order chi connectivity index (χ0) is 7.73. The molecule has 3 nitrogen and oxygen atoms in total. The summed E-state index contributed by atoms with van der Waals surface area (Å²) in [5.74, 6) is 0. The maximum absolute atomic E-state index is 10.1. The van der Waals surface area contributed by atoms with Gasteiger partial charge in [0.05, 0.1) is 11.6 Å². The molecule has 1 atom stereocenters. The van der Waals surface area contributed by atoms with Crippen LogP contribution in [0.2, 0.25) is 0 Å². The molecule has 1 saturated heterocycles. The van der Waals surface area contributed by atoms with Crippen molar-refractivity contribution in [2.24, 2.45) is 4.99 Å². The molecule has 0 aromatic carbocycles. The number of ether oxygens (including phenoxy) is 1. The molecule has 2 fully saturated rings. The minimum atomic E-state index is -0.141. The monoisotopic (exact) mass is 153 g/mol. The van der Waals surface area contributed by atoms with Gasteiger partial charge in [-0.25, -0.2) is 4.79 Å². The topological polar surface area (TPSA) is 38.7 Å². The number of rotatable bonds is 2. The van der Waals surface area contributed by atoms with E-state index in [0.29, 0.717) is 0 Å². The van der Waals surface area contributed by atoms with Crippen molar-refractivity contribution in [3.8, 4) is 0 Å². The van der Waals surface area contributed by atoms with E-state index >= 15 is 0 Å². The van der Waals surface area contributed by atoms with E-state index < -0.39 is 0 Å². The third-order valence-electron chi connectivity index (χ3n) is 2.56. The van der Waals surface area contributed by atoms with Gasteiger partial charge in [-0.15, -0.1) is 0 Å². The quantitative estimate of drug-likeness (QED) is 0.439. The van der Waals surface area contributed by atoms with Gasteiger partial charge in [0.25, 0.3) is 0 Å². The summed E-state index contributed by atoms with van der Waals surface area (Å²) < 4.78 is 5.46. The van der Waals surface area contributed by atoms with Gasteiger partial charge < -0.3 is 4.74 Å². The highest BCUT2D eigenvalue weighted by atomic mass is 16.5. The SMILES string of the molecule is O=C=NC1(C2CCCO2)CC1. The number of aliphatic imine (C=N–C) groups is 1. The van der Waals surface area contributed by atoms with Crippen molar-refractivity contribution in [2.75, 3.05) is 6.61 Å². The highest BCUT2D eigenvalue weighted by Crippen LogP contribution is 2.46. The molecule has 1 heterocycles. The van der Waals surface area contributed by atoms with Crippen LogP contribution in [-0.4, -0.2) is 24.3 Å². The molecule has 1 saturated carbocycles. The fourth-order valence-corrected chi connectivity index (χ4v) is 1.73. The van der Waals surface area contributed by atoms with Gasteiger partial charge in [-0.2, -0.15) is 4.99 Å². The Labute approximate surface area is 65.5 Å². The van der Waals surface area contributed by atoms with Crippen LogP contribution >= 0.6 is 0 Å². The Morgan fingerprint density at radius 2 is 2.36 bits per heavy atom. The fourth-order valence-electron chi connectivity index (χ4n) is 1.73. The van der Waals surface area contributed by atoms with E-state index in [1.807, 2.05) is 0 Å². The lowest BCUT2D eigenvalue weighted by Gasteiger charge is -2.14. The minimum Gasteiger partial charge on any atom is -0.376 e. The molecule has 0 spiro atoms. The maximum Gasteiger partial charge on any atom is 0.235 e. The average Bonchev–Trinajstić information content (AvgIpc) is 2.63. The summed E-state index contributed by atoms with van der Waals surface area (Å²) in [6.45, 7) is 0.834. The van der Waals surface area contributed by atoms with Gasteiger partial charge in [-0.05, 0) is 25.7 Å². The Morgan fingerprint density at radius 3 is 2.82 bits per heavy atom. The summed E-state index contributed by atoms with van der Waals surface area (Å²) in [5, 5.41) is 0. The van der Waals surface area contributed by atoms with Gasteiger partial charge in [0.2, 0.25) is 6.08 Å². The summed E-state index contributed by atoms with van der Waals surface area (Å²) in [6, 6.07) is 0. The lowest BCUT2D eigenvalue weighted by molar-refractivity contribution is 0.0832. The van der Waals surface area contributed by atoms with Crippen LogP contribution in [0.4, 0.5) is 0 Å². The molecule has 0 amide bonds. The average molecular weight is 153 g/mol. The predicted molar refractivity (Wildman–Crippen MR) is 39.1 cm³/mol. The van der Waals surface area contributed by atoms with Gasteiger partial charge in [0.15, 0.2) is 0 Å². The van der Waals surface area contributed by atoms with Crippen molar-refractivity contribution in [1.82, 2.24) is 0 Å². The van der Waals surface area contributed by atoms with Crippen molar-refractivity contribution in [1.29, 1.82) is 0 Å². The second-order valence-corrected chi connectivity index (χ2v) is 3.31. The third kappa shape index (κ3) is 1.10. The molecule has 1 unspecified atom stereocenters. The molecule has 2 aliphatic rings. The minimum absolute atomic E-state index is 0.141. The number of carbonyl (C=O) groups excluding carboxylic acids is 1. The highest BCUT2D eigenvalue weighted by molar-refractivity contribution is 5.37. The van der Waals surface area contributed by atoms with Crippen molar-refractivity contribution in [3.63, 3.8) is 0 Å². The Bertz CT molecular complexity index is 198. The smallest absolute Gasteiger partial charge is 0.235 e. The van der Waals surface area contributed by atoms with Crippen LogP contribution in [0, 0.1) is 0 Å². The molecule has 3 heteroatoms. The van der Waals surface area contributed by atoms with Gasteiger partial charge in [0, 0.05) is 6.61 Å². The molecular weight excluding hydrogens is 142 g/mol. The first-order chi connectivity index (χ1) is 5.37. The van der Waals surface area contributed by atoms with E-state index in [2.05, 4.69) is 4.99 Å². The van der Waals surface area contributed by atoms with Crippen LogP contribution in [0.1, 0.15) is 25.7 Å². The Kier molecular flexibility index (Phi) is 1.55. The summed E-state index contributed by atoms with van der Waals surface area (Å²) in [7, 11) is 0. The van der Waals surface area contributed by atoms with Crippen molar-refractivity contribution in [3.05, 3.63) is 0 Å². The van der Waals surface area contributed by atoms with Crippen LogP contribution in [0.25, 0.3) is 0 Å². The van der Waals surface area contributed by atoms with Crippen LogP contribution in [0.3, 0.4) is 0 Å². The van der Waals surface area contributed by atoms with Crippen molar-refractivity contribution >= 4 is 6.08 Å². The van der Waals surface area contributed by atoms with E-state index in [9.17, 15) is 4.79 Å². The fraction of sp³-hybridized carbons (Fsp3) is 0.875. The molecule has 2 rings (SSSR count). The van der Waals surface area contributed by atoms with Gasteiger partial charge in [-0.1, -0.05) is 0 Å². The summed E-state index contributed by atoms with van der Waals surface area (Å²) in [6.07, 6.45) is 6.04. The third-order valence-corrected chi connectivity index (χ3v) is 2.56. The Hall–Kier alpha value is -0.660. The number of hydrogen-bond donors (Lipinski definition) is 0. The number of isocyanates is 1. The van der Waals surface area contributed by atoms with Gasteiger partial charge in [-0.3, -0.25) is 0 Å². The first-order valence-corrected chi connectivity index (χ1v) is 4.08. The van der Waals surface area contributed by atoms with E-state index in [1.54, 1.807) is 6.08 Å². The molecule has 0 aromatic rings. The number of nitrogens with zero attached hydrogens (tertiary/aromatic N) is 1. The van der Waals surface area contributed by atoms with Crippen molar-refractivity contribution < 1.29 is 9.53 Å². The van der Waals surface area contributed by atoms with Crippen LogP contribution < -0.4 is 0 Å². The molecule has 0 aromatic heterocycles. The largest absolute Gasteiger partial charge is 0.376 e. The number of hydrogen-bond acceptors (Lipinski definition) is 3. The molecule has 0 N–H and O–H groups in total. The van der Waals surface area contributed by atoms with E-state index in [4.69, 9.17) is 4.74 Å².